The van der Waals surface area contributed by atoms with Crippen LogP contribution in [-0.2, 0) is 14.3 Å². The molecule has 0 spiro atoms. The van der Waals surface area contributed by atoms with E-state index >= 15 is 0 Å². The SMILES string of the molecule is CCCC/C=C/CC/C=C/CC/C=C/C(O)C(COC1OC(CO)C(O)C(O)C1O)NC(=O)C(O)CCCCCCCCCCCCCCCCCC/C=C\CCCCCCCCCCCCCCCCCC. The van der Waals surface area contributed by atoms with Crippen LogP contribution >= 0.6 is 0 Å². The van der Waals surface area contributed by atoms with Crippen LogP contribution in [0.25, 0.3) is 0 Å². The van der Waals surface area contributed by atoms with Crippen LogP contribution in [0.2, 0.25) is 0 Å². The predicted octanol–water partition coefficient (Wildman–Crippen LogP) is 14.7. The molecule has 7 N–H and O–H groups in total. The van der Waals surface area contributed by atoms with Crippen LogP contribution in [0.5, 0.6) is 0 Å². The number of rotatable bonds is 53. The van der Waals surface area contributed by atoms with Crippen LogP contribution in [0.4, 0.5) is 0 Å². The van der Waals surface area contributed by atoms with E-state index in [1.54, 1.807) is 6.08 Å². The number of hydrogen-bond donors (Lipinski definition) is 7. The maximum atomic E-state index is 13.1. The second-order valence-electron chi connectivity index (χ2n) is 21.6. The largest absolute Gasteiger partial charge is 0.394 e. The average Bonchev–Trinajstić information content (AvgIpc) is 3.39. The van der Waals surface area contributed by atoms with Crippen molar-refractivity contribution < 1.29 is 44.9 Å². The van der Waals surface area contributed by atoms with Crippen molar-refractivity contribution >= 4 is 5.91 Å². The monoisotopic (exact) mass is 1030 g/mol. The van der Waals surface area contributed by atoms with Crippen molar-refractivity contribution in [3.8, 4) is 0 Å². The van der Waals surface area contributed by atoms with Gasteiger partial charge < -0.3 is 45.4 Å². The van der Waals surface area contributed by atoms with Gasteiger partial charge in [0.2, 0.25) is 5.91 Å². The van der Waals surface area contributed by atoms with Crippen molar-refractivity contribution in [1.29, 1.82) is 0 Å². The van der Waals surface area contributed by atoms with Crippen molar-refractivity contribution in [3.05, 3.63) is 48.6 Å². The molecule has 1 amide bonds. The van der Waals surface area contributed by atoms with E-state index in [9.17, 15) is 35.4 Å². The number of carbonyl (C=O) groups is 1. The number of aliphatic hydroxyl groups excluding tert-OH is 6. The first-order valence-electron chi connectivity index (χ1n) is 31.0. The Morgan fingerprint density at radius 3 is 1.23 bits per heavy atom. The second-order valence-corrected chi connectivity index (χ2v) is 21.6. The van der Waals surface area contributed by atoms with Crippen molar-refractivity contribution in [1.82, 2.24) is 5.32 Å². The molecule has 10 nitrogen and oxygen atoms in total. The van der Waals surface area contributed by atoms with Crippen molar-refractivity contribution in [2.45, 2.75) is 332 Å². The lowest BCUT2D eigenvalue weighted by molar-refractivity contribution is -0.302. The third-order valence-corrected chi connectivity index (χ3v) is 14.7. The van der Waals surface area contributed by atoms with E-state index in [1.165, 1.54) is 205 Å². The predicted molar refractivity (Wildman–Crippen MR) is 305 cm³/mol. The number of aliphatic hydroxyl groups is 6. The lowest BCUT2D eigenvalue weighted by Crippen LogP contribution is -2.60. The molecule has 1 fully saturated rings. The van der Waals surface area contributed by atoms with Gasteiger partial charge in [0.05, 0.1) is 25.4 Å². The van der Waals surface area contributed by atoms with Gasteiger partial charge in [-0.05, 0) is 64.2 Å². The number of unbranched alkanes of at least 4 members (excludes halogenated alkanes) is 36. The highest BCUT2D eigenvalue weighted by atomic mass is 16.7. The zero-order valence-electron chi connectivity index (χ0n) is 47.3. The lowest BCUT2D eigenvalue weighted by atomic mass is 9.99. The fourth-order valence-corrected chi connectivity index (χ4v) is 9.71. The molecule has 428 valence electrons. The van der Waals surface area contributed by atoms with E-state index in [1.807, 2.05) is 6.08 Å². The summed E-state index contributed by atoms with van der Waals surface area (Å²) in [5.74, 6) is -0.629. The Labute approximate surface area is 448 Å². The molecule has 0 aliphatic carbocycles. The topological polar surface area (TPSA) is 169 Å². The molecule has 1 rings (SSSR count). The highest BCUT2D eigenvalue weighted by Crippen LogP contribution is 2.23. The van der Waals surface area contributed by atoms with E-state index in [0.29, 0.717) is 19.3 Å². The Kier molecular flexibility index (Phi) is 49.4. The first-order valence-corrected chi connectivity index (χ1v) is 31.0. The van der Waals surface area contributed by atoms with E-state index in [4.69, 9.17) is 9.47 Å². The molecule has 1 aliphatic heterocycles. The fraction of sp³-hybridized carbons (Fsp3) is 0.857. The van der Waals surface area contributed by atoms with Crippen molar-refractivity contribution in [3.63, 3.8) is 0 Å². The van der Waals surface area contributed by atoms with Crippen LogP contribution < -0.4 is 5.32 Å². The van der Waals surface area contributed by atoms with Crippen molar-refractivity contribution in [2.24, 2.45) is 0 Å². The third kappa shape index (κ3) is 41.0. The molecule has 8 atom stereocenters. The lowest BCUT2D eigenvalue weighted by Gasteiger charge is -2.40. The minimum absolute atomic E-state index is 0.302. The second kappa shape index (κ2) is 52.2. The molecule has 0 bridgehead atoms. The van der Waals surface area contributed by atoms with Gasteiger partial charge in [0.25, 0.3) is 0 Å². The number of allylic oxidation sites excluding steroid dienone is 7. The van der Waals surface area contributed by atoms with Gasteiger partial charge in [0, 0.05) is 0 Å². The Hall–Kier alpha value is -1.89. The highest BCUT2D eigenvalue weighted by Gasteiger charge is 2.44. The maximum Gasteiger partial charge on any atom is 0.249 e. The van der Waals surface area contributed by atoms with Gasteiger partial charge in [-0.1, -0.05) is 268 Å². The summed E-state index contributed by atoms with van der Waals surface area (Å²) in [7, 11) is 0. The molecule has 0 saturated carbocycles. The van der Waals surface area contributed by atoms with Gasteiger partial charge in [-0.25, -0.2) is 0 Å². The smallest absolute Gasteiger partial charge is 0.249 e. The summed E-state index contributed by atoms with van der Waals surface area (Å²) in [5.41, 5.74) is 0. The molecule has 1 heterocycles. The van der Waals surface area contributed by atoms with E-state index < -0.39 is 61.5 Å². The fourth-order valence-electron chi connectivity index (χ4n) is 9.71. The average molecular weight is 1030 g/mol. The quantitative estimate of drug-likeness (QED) is 0.0232. The molecule has 0 aromatic carbocycles. The summed E-state index contributed by atoms with van der Waals surface area (Å²) in [6.07, 6.45) is 59.8. The minimum atomic E-state index is -1.62. The Bertz CT molecular complexity index is 1310. The first kappa shape index (κ1) is 69.1. The van der Waals surface area contributed by atoms with Crippen molar-refractivity contribution in [2.75, 3.05) is 13.2 Å². The van der Waals surface area contributed by atoms with Gasteiger partial charge in [-0.2, -0.15) is 0 Å². The number of carbonyl (C=O) groups excluding carboxylic acids is 1. The first-order chi connectivity index (χ1) is 35.8. The van der Waals surface area contributed by atoms with E-state index in [0.717, 1.165) is 44.9 Å². The van der Waals surface area contributed by atoms with Gasteiger partial charge in [0.15, 0.2) is 6.29 Å². The Balaban J connectivity index is 2.10. The van der Waals surface area contributed by atoms with Gasteiger partial charge in [0.1, 0.15) is 30.5 Å². The number of hydrogen-bond acceptors (Lipinski definition) is 9. The molecule has 8 unspecified atom stereocenters. The molecular formula is C63H117NO9. The molecule has 0 aromatic heterocycles. The minimum Gasteiger partial charge on any atom is -0.394 e. The van der Waals surface area contributed by atoms with Crippen LogP contribution in [0.3, 0.4) is 0 Å². The van der Waals surface area contributed by atoms with Gasteiger partial charge in [-0.15, -0.1) is 0 Å². The molecule has 1 saturated heterocycles. The number of amides is 1. The molecule has 10 heteroatoms. The summed E-state index contributed by atoms with van der Waals surface area (Å²) < 4.78 is 11.1. The number of ether oxygens (including phenoxy) is 2. The summed E-state index contributed by atoms with van der Waals surface area (Å²) >= 11 is 0. The van der Waals surface area contributed by atoms with Gasteiger partial charge in [-0.3, -0.25) is 4.79 Å². The standard InChI is InChI=1S/C63H117NO9/c1-3-5-7-9-11-13-15-17-18-19-20-21-22-23-24-25-26-27-28-29-30-31-32-33-34-35-36-37-38-39-40-42-44-46-48-50-52-57(67)62(71)64-55(54-72-63-61(70)60(69)59(68)58(53-65)73-63)56(66)51-49-47-45-43-41-16-14-12-10-8-6-4-2/h10,12,27-28,41,43,49,51,55-61,63,65-70H,3-9,11,13-26,29-40,42,44-48,50,52-54H2,1-2H3,(H,64,71)/b12-10+,28-27-,43-41+,51-49+. The zero-order valence-corrected chi connectivity index (χ0v) is 47.3. The normalized spacial score (nSPS) is 19.8. The van der Waals surface area contributed by atoms with Crippen LogP contribution in [0, 0.1) is 0 Å². The molecule has 73 heavy (non-hydrogen) atoms. The van der Waals surface area contributed by atoms with Crippen LogP contribution in [0.15, 0.2) is 48.6 Å². The number of nitrogens with one attached hydrogen (secondary N) is 1. The summed E-state index contributed by atoms with van der Waals surface area (Å²) in [6.45, 7) is 3.56. The van der Waals surface area contributed by atoms with E-state index in [-0.39, 0.29) is 6.61 Å². The summed E-state index contributed by atoms with van der Waals surface area (Å²) in [6, 6.07) is -1.00. The Morgan fingerprint density at radius 1 is 0.466 bits per heavy atom. The van der Waals surface area contributed by atoms with E-state index in [2.05, 4.69) is 55.6 Å². The highest BCUT2D eigenvalue weighted by molar-refractivity contribution is 5.80. The third-order valence-electron chi connectivity index (χ3n) is 14.7. The molecular weight excluding hydrogens is 915 g/mol. The van der Waals surface area contributed by atoms with Crippen LogP contribution in [0.1, 0.15) is 284 Å². The van der Waals surface area contributed by atoms with Crippen LogP contribution in [-0.4, -0.2) is 98.7 Å². The maximum absolute atomic E-state index is 13.1. The summed E-state index contributed by atoms with van der Waals surface area (Å²) in [5, 5.41) is 64.9. The Morgan fingerprint density at radius 2 is 0.822 bits per heavy atom. The summed E-state index contributed by atoms with van der Waals surface area (Å²) in [4.78, 5) is 13.1. The molecule has 0 radical (unpaired) electrons. The van der Waals surface area contributed by atoms with Gasteiger partial charge >= 0.3 is 0 Å². The molecule has 1 aliphatic rings. The molecule has 0 aromatic rings. The zero-order chi connectivity index (χ0) is 53.1.